The van der Waals surface area contributed by atoms with Gasteiger partial charge >= 0.3 is 5.97 Å². The molecule has 12 heteroatoms. The van der Waals surface area contributed by atoms with E-state index in [1.165, 1.54) is 37.4 Å². The van der Waals surface area contributed by atoms with Crippen LogP contribution in [0, 0.1) is 6.92 Å². The third-order valence-electron chi connectivity index (χ3n) is 7.12. The molecule has 2 aromatic heterocycles. The highest BCUT2D eigenvalue weighted by Crippen LogP contribution is 2.30. The molecule has 1 unspecified atom stereocenters. The van der Waals surface area contributed by atoms with E-state index < -0.39 is 28.0 Å². The number of aryl methyl sites for hydroxylation is 1. The second-order valence-corrected chi connectivity index (χ2v) is 12.1. The molecule has 0 saturated heterocycles. The lowest BCUT2D eigenvalue weighted by Crippen LogP contribution is -2.37. The third kappa shape index (κ3) is 6.24. The summed E-state index contributed by atoms with van der Waals surface area (Å²) in [6, 6.07) is 15.0. The van der Waals surface area contributed by atoms with E-state index in [0.29, 0.717) is 46.9 Å². The second-order valence-electron chi connectivity index (χ2n) is 10.4. The molecule has 0 spiro atoms. The van der Waals surface area contributed by atoms with E-state index in [9.17, 15) is 18.0 Å². The van der Waals surface area contributed by atoms with Gasteiger partial charge in [-0.15, -0.1) is 0 Å². The molecule has 1 aliphatic heterocycles. The van der Waals surface area contributed by atoms with Crippen molar-refractivity contribution in [1.29, 1.82) is 0 Å². The molecule has 5 rings (SSSR count). The Kier molecular flexibility index (Phi) is 8.19. The predicted molar refractivity (Wildman–Crippen MR) is 159 cm³/mol. The van der Waals surface area contributed by atoms with Crippen molar-refractivity contribution in [2.24, 2.45) is 0 Å². The average molecular weight is 589 g/mol. The van der Waals surface area contributed by atoms with Gasteiger partial charge in [0.2, 0.25) is 5.95 Å². The number of fused-ring (bicyclic) bond motifs is 2. The third-order valence-corrected chi connectivity index (χ3v) is 8.46. The minimum atomic E-state index is -3.94. The van der Waals surface area contributed by atoms with Crippen LogP contribution in [0.3, 0.4) is 0 Å². The average Bonchev–Trinajstić information content (AvgIpc) is 2.95. The summed E-state index contributed by atoms with van der Waals surface area (Å²) in [5.74, 6) is -1.19. The van der Waals surface area contributed by atoms with E-state index in [4.69, 9.17) is 9.72 Å². The molecular formula is C30H32N6O5S. The van der Waals surface area contributed by atoms with Gasteiger partial charge in [-0.1, -0.05) is 18.2 Å². The lowest BCUT2D eigenvalue weighted by molar-refractivity contribution is -0.123. The highest BCUT2D eigenvalue weighted by molar-refractivity contribution is 7.92. The van der Waals surface area contributed by atoms with Gasteiger partial charge in [-0.3, -0.25) is 14.7 Å². The fourth-order valence-corrected chi connectivity index (χ4v) is 5.75. The van der Waals surface area contributed by atoms with Crippen LogP contribution in [-0.2, 0) is 32.5 Å². The number of aromatic nitrogens is 3. The number of ether oxygens (including phenoxy) is 1. The normalized spacial score (nSPS) is 14.3. The SMILES string of the molecule is Cc1ccnc(NS(=O)(=O)c2ccc(NC(=O)C(C)OC(=O)c3c4c(nc5ccccc35)CCN(C(C)C)C4)cc2)n1. The Morgan fingerprint density at radius 1 is 1.00 bits per heavy atom. The number of carbonyl (C=O) groups excluding carboxylic acids is 2. The fraction of sp³-hybridized carbons (Fsp3) is 0.300. The van der Waals surface area contributed by atoms with Crippen LogP contribution < -0.4 is 10.0 Å². The number of nitrogens with zero attached hydrogens (tertiary/aromatic N) is 4. The van der Waals surface area contributed by atoms with Crippen molar-refractivity contribution in [2.45, 2.75) is 57.7 Å². The number of hydrogen-bond acceptors (Lipinski definition) is 9. The van der Waals surface area contributed by atoms with E-state index in [-0.39, 0.29) is 10.8 Å². The first-order valence-electron chi connectivity index (χ1n) is 13.6. The Labute approximate surface area is 244 Å². The topological polar surface area (TPSA) is 143 Å². The number of para-hydroxylation sites is 1. The van der Waals surface area contributed by atoms with E-state index in [0.717, 1.165) is 17.8 Å². The second kappa shape index (κ2) is 11.8. The molecule has 0 fully saturated rings. The molecule has 0 aliphatic carbocycles. The van der Waals surface area contributed by atoms with Gasteiger partial charge in [0.1, 0.15) is 0 Å². The summed E-state index contributed by atoms with van der Waals surface area (Å²) < 4.78 is 33.4. The molecule has 0 saturated carbocycles. The quantitative estimate of drug-likeness (QED) is 0.291. The summed E-state index contributed by atoms with van der Waals surface area (Å²) in [4.78, 5) is 41.6. The van der Waals surface area contributed by atoms with Crippen molar-refractivity contribution in [3.63, 3.8) is 0 Å². The molecule has 4 aromatic rings. The molecule has 3 heterocycles. The molecule has 1 atom stereocenters. The number of benzene rings is 2. The summed E-state index contributed by atoms with van der Waals surface area (Å²) in [6.07, 6.45) is 1.06. The maximum absolute atomic E-state index is 13.6. The minimum Gasteiger partial charge on any atom is -0.449 e. The van der Waals surface area contributed by atoms with Crippen LogP contribution in [-0.4, -0.2) is 58.8 Å². The first-order chi connectivity index (χ1) is 20.0. The van der Waals surface area contributed by atoms with Crippen molar-refractivity contribution in [3.05, 3.63) is 83.3 Å². The largest absolute Gasteiger partial charge is 0.449 e. The van der Waals surface area contributed by atoms with E-state index in [2.05, 4.69) is 38.8 Å². The first kappa shape index (κ1) is 29.1. The van der Waals surface area contributed by atoms with Crippen molar-refractivity contribution < 1.29 is 22.7 Å². The number of pyridine rings is 1. The molecule has 1 amide bonds. The van der Waals surface area contributed by atoms with Gasteiger partial charge in [0.05, 0.1) is 16.0 Å². The molecule has 11 nitrogen and oxygen atoms in total. The van der Waals surface area contributed by atoms with Crippen molar-refractivity contribution in [2.75, 3.05) is 16.6 Å². The van der Waals surface area contributed by atoms with Gasteiger partial charge in [0.15, 0.2) is 6.10 Å². The smallest absolute Gasteiger partial charge is 0.339 e. The van der Waals surface area contributed by atoms with Gasteiger partial charge in [-0.25, -0.2) is 27.9 Å². The van der Waals surface area contributed by atoms with Crippen molar-refractivity contribution in [3.8, 4) is 0 Å². The summed E-state index contributed by atoms with van der Waals surface area (Å²) in [5.41, 5.74) is 3.79. The molecular weight excluding hydrogens is 556 g/mol. The zero-order chi connectivity index (χ0) is 30.0. The van der Waals surface area contributed by atoms with Crippen LogP contribution in [0.25, 0.3) is 10.9 Å². The number of sulfonamides is 1. The molecule has 42 heavy (non-hydrogen) atoms. The maximum atomic E-state index is 13.6. The number of hydrogen-bond donors (Lipinski definition) is 2. The van der Waals surface area contributed by atoms with Crippen LogP contribution in [0.2, 0.25) is 0 Å². The lowest BCUT2D eigenvalue weighted by Gasteiger charge is -2.32. The van der Waals surface area contributed by atoms with Crippen LogP contribution in [0.15, 0.2) is 65.7 Å². The van der Waals surface area contributed by atoms with Gasteiger partial charge in [0, 0.05) is 59.8 Å². The number of amides is 1. The van der Waals surface area contributed by atoms with E-state index >= 15 is 0 Å². The zero-order valence-electron chi connectivity index (χ0n) is 23.8. The molecule has 0 radical (unpaired) electrons. The van der Waals surface area contributed by atoms with Crippen molar-refractivity contribution in [1.82, 2.24) is 19.9 Å². The summed E-state index contributed by atoms with van der Waals surface area (Å²) in [6.45, 7) is 8.85. The molecule has 2 N–H and O–H groups in total. The highest BCUT2D eigenvalue weighted by Gasteiger charge is 2.29. The summed E-state index contributed by atoms with van der Waals surface area (Å²) in [5, 5.41) is 3.36. The number of nitrogens with one attached hydrogen (secondary N) is 2. The van der Waals surface area contributed by atoms with Gasteiger partial charge in [0.25, 0.3) is 15.9 Å². The van der Waals surface area contributed by atoms with Crippen LogP contribution in [0.5, 0.6) is 0 Å². The Morgan fingerprint density at radius 2 is 1.74 bits per heavy atom. The van der Waals surface area contributed by atoms with Gasteiger partial charge in [-0.2, -0.15) is 0 Å². The van der Waals surface area contributed by atoms with Crippen LogP contribution >= 0.6 is 0 Å². The van der Waals surface area contributed by atoms with Crippen LogP contribution in [0.4, 0.5) is 11.6 Å². The van der Waals surface area contributed by atoms with Crippen LogP contribution in [0.1, 0.15) is 48.1 Å². The summed E-state index contributed by atoms with van der Waals surface area (Å²) in [7, 11) is -3.94. The molecule has 2 aromatic carbocycles. The van der Waals surface area contributed by atoms with Gasteiger partial charge < -0.3 is 10.1 Å². The number of carbonyl (C=O) groups is 2. The van der Waals surface area contributed by atoms with E-state index in [1.54, 1.807) is 13.0 Å². The maximum Gasteiger partial charge on any atom is 0.339 e. The molecule has 218 valence electrons. The zero-order valence-corrected chi connectivity index (χ0v) is 24.6. The molecule has 1 aliphatic rings. The number of esters is 1. The first-order valence-corrected chi connectivity index (χ1v) is 15.1. The van der Waals surface area contributed by atoms with Gasteiger partial charge in [-0.05, 0) is 64.1 Å². The van der Waals surface area contributed by atoms with E-state index in [1.807, 2.05) is 24.3 Å². The van der Waals surface area contributed by atoms with Crippen molar-refractivity contribution >= 4 is 44.4 Å². The Morgan fingerprint density at radius 3 is 2.45 bits per heavy atom. The Bertz CT molecular complexity index is 1760. The predicted octanol–water partition coefficient (Wildman–Crippen LogP) is 4.08. The monoisotopic (exact) mass is 588 g/mol. The lowest BCUT2D eigenvalue weighted by atomic mass is 9.95. The Hall–Kier alpha value is -4.42. The summed E-state index contributed by atoms with van der Waals surface area (Å²) >= 11 is 0. The minimum absolute atomic E-state index is 0.0325. The Balaban J connectivity index is 1.30. The fourth-order valence-electron chi connectivity index (χ4n) is 4.80. The molecule has 0 bridgehead atoms. The number of rotatable bonds is 8. The standard InChI is InChI=1S/C30H32N6O5S/c1-18(2)36-16-14-26-24(17-36)27(23-7-5-6-8-25(23)34-26)29(38)41-20(4)28(37)33-21-9-11-22(12-10-21)42(39,40)35-30-31-15-13-19(3)32-30/h5-13,15,18,20H,14,16-17H2,1-4H3,(H,33,37)(H,31,32,35). The highest BCUT2D eigenvalue weighted by atomic mass is 32.2. The number of anilines is 2.